The van der Waals surface area contributed by atoms with Gasteiger partial charge < -0.3 is 9.52 Å². The Hall–Kier alpha value is -0.800. The van der Waals surface area contributed by atoms with E-state index in [9.17, 15) is 0 Å². The molecule has 80 valence electrons. The highest BCUT2D eigenvalue weighted by Crippen LogP contribution is 2.09. The van der Waals surface area contributed by atoms with Crippen LogP contribution in [0.2, 0.25) is 0 Å². The molecule has 1 unspecified atom stereocenters. The normalized spacial score (nSPS) is 13.5. The van der Waals surface area contributed by atoms with Gasteiger partial charge >= 0.3 is 0 Å². The second kappa shape index (κ2) is 5.17. The van der Waals surface area contributed by atoms with Gasteiger partial charge in [-0.1, -0.05) is 6.92 Å². The van der Waals surface area contributed by atoms with E-state index in [-0.39, 0.29) is 6.61 Å². The standard InChI is InChI=1S/C11H19NO2/c1-9(8-13)6-12(3)7-11-5-4-10(2)14-11/h4-5,9,13H,6-8H2,1-3H3. The van der Waals surface area contributed by atoms with E-state index in [0.29, 0.717) is 5.92 Å². The van der Waals surface area contributed by atoms with Crippen molar-refractivity contribution >= 4 is 0 Å². The van der Waals surface area contributed by atoms with Crippen LogP contribution in [0.3, 0.4) is 0 Å². The first-order valence-corrected chi connectivity index (χ1v) is 4.96. The van der Waals surface area contributed by atoms with Crippen LogP contribution in [0.15, 0.2) is 16.5 Å². The Kier molecular flexibility index (Phi) is 4.17. The highest BCUT2D eigenvalue weighted by molar-refractivity contribution is 5.05. The topological polar surface area (TPSA) is 36.6 Å². The molecule has 3 nitrogen and oxygen atoms in total. The number of aliphatic hydroxyl groups is 1. The van der Waals surface area contributed by atoms with Gasteiger partial charge in [0.25, 0.3) is 0 Å². The van der Waals surface area contributed by atoms with Crippen molar-refractivity contribution in [2.45, 2.75) is 20.4 Å². The zero-order valence-corrected chi connectivity index (χ0v) is 9.16. The molecule has 1 aromatic rings. The van der Waals surface area contributed by atoms with E-state index in [1.165, 1.54) is 0 Å². The largest absolute Gasteiger partial charge is 0.465 e. The third-order valence-electron chi connectivity index (χ3n) is 2.16. The summed E-state index contributed by atoms with van der Waals surface area (Å²) in [5.74, 6) is 2.25. The maximum atomic E-state index is 8.90. The fourth-order valence-electron chi connectivity index (χ4n) is 1.49. The van der Waals surface area contributed by atoms with Crippen LogP contribution in [0.25, 0.3) is 0 Å². The van der Waals surface area contributed by atoms with Crippen LogP contribution in [0, 0.1) is 12.8 Å². The first-order valence-electron chi connectivity index (χ1n) is 4.96. The van der Waals surface area contributed by atoms with Crippen molar-refractivity contribution in [1.82, 2.24) is 4.90 Å². The number of aryl methyl sites for hydroxylation is 1. The molecule has 3 heteroatoms. The first-order chi connectivity index (χ1) is 6.61. The van der Waals surface area contributed by atoms with Crippen LogP contribution in [-0.4, -0.2) is 30.2 Å². The number of hydrogen-bond donors (Lipinski definition) is 1. The van der Waals surface area contributed by atoms with Crippen LogP contribution >= 0.6 is 0 Å². The fraction of sp³-hybridized carbons (Fsp3) is 0.636. The number of furan rings is 1. The molecule has 1 heterocycles. The Morgan fingerprint density at radius 3 is 2.71 bits per heavy atom. The Morgan fingerprint density at radius 1 is 1.50 bits per heavy atom. The summed E-state index contributed by atoms with van der Waals surface area (Å²) in [6, 6.07) is 3.97. The van der Waals surface area contributed by atoms with Crippen LogP contribution < -0.4 is 0 Å². The van der Waals surface area contributed by atoms with Gasteiger partial charge in [0.15, 0.2) is 0 Å². The molecular formula is C11H19NO2. The molecule has 0 amide bonds. The number of rotatable bonds is 5. The summed E-state index contributed by atoms with van der Waals surface area (Å²) in [7, 11) is 2.03. The zero-order chi connectivity index (χ0) is 10.6. The van der Waals surface area contributed by atoms with Gasteiger partial charge in [-0.25, -0.2) is 0 Å². The third-order valence-corrected chi connectivity index (χ3v) is 2.16. The predicted octanol–water partition coefficient (Wildman–Crippen LogP) is 1.65. The molecule has 1 rings (SSSR count). The van der Waals surface area contributed by atoms with E-state index < -0.39 is 0 Å². The molecule has 14 heavy (non-hydrogen) atoms. The summed E-state index contributed by atoms with van der Waals surface area (Å²) >= 11 is 0. The van der Waals surface area contributed by atoms with Gasteiger partial charge in [-0.3, -0.25) is 4.90 Å². The fourth-order valence-corrected chi connectivity index (χ4v) is 1.49. The van der Waals surface area contributed by atoms with Crippen molar-refractivity contribution in [3.8, 4) is 0 Å². The molecule has 0 radical (unpaired) electrons. The van der Waals surface area contributed by atoms with Crippen molar-refractivity contribution < 1.29 is 9.52 Å². The zero-order valence-electron chi connectivity index (χ0n) is 9.16. The van der Waals surface area contributed by atoms with E-state index in [1.54, 1.807) is 0 Å². The van der Waals surface area contributed by atoms with Gasteiger partial charge in [0.05, 0.1) is 6.54 Å². The van der Waals surface area contributed by atoms with E-state index in [2.05, 4.69) is 4.90 Å². The highest BCUT2D eigenvalue weighted by atomic mass is 16.3. The van der Waals surface area contributed by atoms with Gasteiger partial charge in [0.2, 0.25) is 0 Å². The SMILES string of the molecule is Cc1ccc(CN(C)CC(C)CO)o1. The molecule has 1 N–H and O–H groups in total. The molecular weight excluding hydrogens is 178 g/mol. The molecule has 0 spiro atoms. The Morgan fingerprint density at radius 2 is 2.21 bits per heavy atom. The lowest BCUT2D eigenvalue weighted by atomic mass is 10.2. The van der Waals surface area contributed by atoms with Gasteiger partial charge in [-0.15, -0.1) is 0 Å². The minimum Gasteiger partial charge on any atom is -0.465 e. The molecule has 0 aliphatic rings. The van der Waals surface area contributed by atoms with Crippen molar-refractivity contribution in [1.29, 1.82) is 0 Å². The molecule has 0 saturated heterocycles. The molecule has 0 fully saturated rings. The molecule has 0 aliphatic heterocycles. The van der Waals surface area contributed by atoms with E-state index in [1.807, 2.05) is 33.0 Å². The summed E-state index contributed by atoms with van der Waals surface area (Å²) in [5, 5.41) is 8.90. The van der Waals surface area contributed by atoms with Crippen LogP contribution in [0.1, 0.15) is 18.4 Å². The minimum atomic E-state index is 0.238. The average molecular weight is 197 g/mol. The van der Waals surface area contributed by atoms with E-state index in [4.69, 9.17) is 9.52 Å². The van der Waals surface area contributed by atoms with E-state index in [0.717, 1.165) is 24.6 Å². The minimum absolute atomic E-state index is 0.238. The lowest BCUT2D eigenvalue weighted by Gasteiger charge is -2.18. The Balaban J connectivity index is 2.37. The van der Waals surface area contributed by atoms with Crippen LogP contribution in [0.5, 0.6) is 0 Å². The summed E-state index contributed by atoms with van der Waals surface area (Å²) in [6.45, 7) is 5.90. The number of nitrogens with zero attached hydrogens (tertiary/aromatic N) is 1. The Bertz CT molecular complexity index is 270. The lowest BCUT2D eigenvalue weighted by Crippen LogP contribution is -2.25. The average Bonchev–Trinajstić information content (AvgIpc) is 2.50. The van der Waals surface area contributed by atoms with Gasteiger partial charge in [-0.2, -0.15) is 0 Å². The summed E-state index contributed by atoms with van der Waals surface area (Å²) in [4.78, 5) is 2.15. The third kappa shape index (κ3) is 3.52. The molecule has 0 aliphatic carbocycles. The van der Waals surface area contributed by atoms with Crippen LogP contribution in [0.4, 0.5) is 0 Å². The lowest BCUT2D eigenvalue weighted by molar-refractivity contribution is 0.181. The predicted molar refractivity (Wildman–Crippen MR) is 56.0 cm³/mol. The second-order valence-corrected chi connectivity index (χ2v) is 4.00. The van der Waals surface area contributed by atoms with Gasteiger partial charge in [0.1, 0.15) is 11.5 Å². The molecule has 1 atom stereocenters. The van der Waals surface area contributed by atoms with E-state index >= 15 is 0 Å². The smallest absolute Gasteiger partial charge is 0.118 e. The molecule has 0 saturated carbocycles. The monoisotopic (exact) mass is 197 g/mol. The quantitative estimate of drug-likeness (QED) is 0.779. The Labute approximate surface area is 85.3 Å². The van der Waals surface area contributed by atoms with Crippen LogP contribution in [-0.2, 0) is 6.54 Å². The van der Waals surface area contributed by atoms with Crippen molar-refractivity contribution in [2.75, 3.05) is 20.2 Å². The molecule has 1 aromatic heterocycles. The van der Waals surface area contributed by atoms with Gasteiger partial charge in [0, 0.05) is 13.2 Å². The van der Waals surface area contributed by atoms with Crippen molar-refractivity contribution in [3.63, 3.8) is 0 Å². The van der Waals surface area contributed by atoms with Crippen molar-refractivity contribution in [2.24, 2.45) is 5.92 Å². The second-order valence-electron chi connectivity index (χ2n) is 4.00. The van der Waals surface area contributed by atoms with Crippen molar-refractivity contribution in [3.05, 3.63) is 23.7 Å². The number of aliphatic hydroxyl groups excluding tert-OH is 1. The summed E-state index contributed by atoms with van der Waals surface area (Å²) in [5.41, 5.74) is 0. The highest BCUT2D eigenvalue weighted by Gasteiger charge is 2.07. The molecule has 0 aromatic carbocycles. The maximum Gasteiger partial charge on any atom is 0.118 e. The van der Waals surface area contributed by atoms with Gasteiger partial charge in [-0.05, 0) is 32.0 Å². The number of hydrogen-bond acceptors (Lipinski definition) is 3. The maximum absolute atomic E-state index is 8.90. The summed E-state index contributed by atoms with van der Waals surface area (Å²) in [6.07, 6.45) is 0. The summed E-state index contributed by atoms with van der Waals surface area (Å²) < 4.78 is 5.47. The molecule has 0 bridgehead atoms. The first kappa shape index (κ1) is 11.3.